The number of carbonyl (C=O) groups is 3. The molecule has 2 aromatic rings. The Hall–Kier alpha value is -3.39. The number of hydrogen-bond acceptors (Lipinski definition) is 5. The lowest BCUT2D eigenvalue weighted by Gasteiger charge is -2.31. The van der Waals surface area contributed by atoms with Gasteiger partial charge < -0.3 is 25.2 Å². The Kier molecular flexibility index (Phi) is 8.51. The number of hydrogen-bond donors (Lipinski definition) is 3. The van der Waals surface area contributed by atoms with Crippen molar-refractivity contribution in [3.05, 3.63) is 59.7 Å². The number of rotatable bonds is 11. The smallest absolute Gasteiger partial charge is 0.407 e. The zero-order chi connectivity index (χ0) is 25.6. The molecule has 0 aliphatic heterocycles. The molecule has 1 aliphatic rings. The molecule has 2 atom stereocenters. The minimum atomic E-state index is -1.53. The number of methoxy groups -OCH3 is 1. The molecule has 2 aromatic carbocycles. The zero-order valence-electron chi connectivity index (χ0n) is 20.7. The van der Waals surface area contributed by atoms with Crippen LogP contribution in [0.25, 0.3) is 11.1 Å². The summed E-state index contributed by atoms with van der Waals surface area (Å²) >= 11 is 0. The van der Waals surface area contributed by atoms with Crippen LogP contribution in [0.15, 0.2) is 48.5 Å². The van der Waals surface area contributed by atoms with E-state index >= 15 is 0 Å². The van der Waals surface area contributed by atoms with Gasteiger partial charge in [0.1, 0.15) is 6.61 Å². The van der Waals surface area contributed by atoms with Crippen molar-refractivity contribution in [2.24, 2.45) is 11.8 Å². The Labute approximate surface area is 206 Å². The normalized spacial score (nSPS) is 15.0. The number of nitrogens with one attached hydrogen (secondary N) is 2. The first-order valence-electron chi connectivity index (χ1n) is 11.9. The second-order valence-corrected chi connectivity index (χ2v) is 9.22. The van der Waals surface area contributed by atoms with Crippen LogP contribution >= 0.6 is 0 Å². The summed E-state index contributed by atoms with van der Waals surface area (Å²) in [4.78, 5) is 37.4. The summed E-state index contributed by atoms with van der Waals surface area (Å²) in [6, 6.07) is 16.2. The standard InChI is InChI=1S/C27H34N2O6/c1-5-27(16-34-4,25(31)32)29-24(30)22(17(2)3)14-28-26(33)35-15-23-20-12-8-6-10-18(20)19-11-7-9-13-21(19)23/h6-13,17,22-23H,5,14-16H2,1-4H3,(H,28,33)(H,29,30)(H,31,32). The van der Waals surface area contributed by atoms with Crippen molar-refractivity contribution in [1.82, 2.24) is 10.6 Å². The topological polar surface area (TPSA) is 114 Å². The lowest BCUT2D eigenvalue weighted by Crippen LogP contribution is -2.59. The molecule has 3 rings (SSSR count). The van der Waals surface area contributed by atoms with Gasteiger partial charge in [-0.2, -0.15) is 0 Å². The highest BCUT2D eigenvalue weighted by Crippen LogP contribution is 2.44. The maximum Gasteiger partial charge on any atom is 0.407 e. The molecule has 8 heteroatoms. The molecular weight excluding hydrogens is 448 g/mol. The van der Waals surface area contributed by atoms with E-state index in [0.717, 1.165) is 22.3 Å². The van der Waals surface area contributed by atoms with Crippen molar-refractivity contribution >= 4 is 18.0 Å². The maximum absolute atomic E-state index is 13.0. The zero-order valence-corrected chi connectivity index (χ0v) is 20.7. The Morgan fingerprint density at radius 3 is 2.09 bits per heavy atom. The van der Waals surface area contributed by atoms with Crippen molar-refractivity contribution in [3.63, 3.8) is 0 Å². The van der Waals surface area contributed by atoms with Crippen LogP contribution in [-0.4, -0.2) is 55.5 Å². The molecule has 3 N–H and O–H groups in total. The molecule has 2 unspecified atom stereocenters. The van der Waals surface area contributed by atoms with Crippen LogP contribution in [0, 0.1) is 11.8 Å². The monoisotopic (exact) mass is 482 g/mol. The van der Waals surface area contributed by atoms with E-state index in [2.05, 4.69) is 22.8 Å². The number of ether oxygens (including phenoxy) is 2. The molecule has 2 amide bonds. The number of amides is 2. The summed E-state index contributed by atoms with van der Waals surface area (Å²) in [5.74, 6) is -2.47. The van der Waals surface area contributed by atoms with Gasteiger partial charge in [0, 0.05) is 19.6 Å². The van der Waals surface area contributed by atoms with E-state index in [4.69, 9.17) is 9.47 Å². The SMILES string of the molecule is CCC(COC)(NC(=O)C(CNC(=O)OCC1c2ccccc2-c2ccccc21)C(C)C)C(=O)O. The van der Waals surface area contributed by atoms with Gasteiger partial charge in [-0.05, 0) is 34.6 Å². The Morgan fingerprint density at radius 2 is 1.60 bits per heavy atom. The summed E-state index contributed by atoms with van der Waals surface area (Å²) in [5, 5.41) is 15.0. The van der Waals surface area contributed by atoms with E-state index in [-0.39, 0.29) is 38.0 Å². The lowest BCUT2D eigenvalue weighted by atomic mass is 9.91. The van der Waals surface area contributed by atoms with E-state index in [1.54, 1.807) is 6.92 Å². The fourth-order valence-electron chi connectivity index (χ4n) is 4.54. The quantitative estimate of drug-likeness (QED) is 0.449. The minimum Gasteiger partial charge on any atom is -0.479 e. The molecule has 8 nitrogen and oxygen atoms in total. The van der Waals surface area contributed by atoms with Gasteiger partial charge in [-0.25, -0.2) is 9.59 Å². The first-order chi connectivity index (χ1) is 16.7. The highest BCUT2D eigenvalue weighted by Gasteiger charge is 2.40. The predicted molar refractivity (Wildman–Crippen MR) is 132 cm³/mol. The molecule has 0 saturated heterocycles. The van der Waals surface area contributed by atoms with E-state index in [9.17, 15) is 19.5 Å². The third kappa shape index (κ3) is 5.65. The molecule has 0 heterocycles. The van der Waals surface area contributed by atoms with Gasteiger partial charge in [0.15, 0.2) is 5.54 Å². The Bertz CT molecular complexity index is 1020. The minimum absolute atomic E-state index is 0.0204. The van der Waals surface area contributed by atoms with Crippen molar-refractivity contribution in [3.8, 4) is 11.1 Å². The van der Waals surface area contributed by atoms with Gasteiger partial charge in [-0.1, -0.05) is 69.3 Å². The fourth-order valence-corrected chi connectivity index (χ4v) is 4.54. The third-order valence-electron chi connectivity index (χ3n) is 6.72. The van der Waals surface area contributed by atoms with Crippen LogP contribution in [0.4, 0.5) is 4.79 Å². The van der Waals surface area contributed by atoms with Gasteiger partial charge in [-0.3, -0.25) is 4.79 Å². The Balaban J connectivity index is 1.62. The first-order valence-corrected chi connectivity index (χ1v) is 11.9. The molecule has 188 valence electrons. The summed E-state index contributed by atoms with van der Waals surface area (Å²) in [5.41, 5.74) is 2.99. The maximum atomic E-state index is 13.0. The largest absolute Gasteiger partial charge is 0.479 e. The second kappa shape index (κ2) is 11.4. The van der Waals surface area contributed by atoms with Crippen LogP contribution in [0.1, 0.15) is 44.2 Å². The average Bonchev–Trinajstić information content (AvgIpc) is 3.16. The Morgan fingerprint density at radius 1 is 1.03 bits per heavy atom. The van der Waals surface area contributed by atoms with Crippen molar-refractivity contribution in [2.45, 2.75) is 38.6 Å². The van der Waals surface area contributed by atoms with E-state index in [0.29, 0.717) is 0 Å². The highest BCUT2D eigenvalue weighted by molar-refractivity contribution is 5.88. The molecule has 0 saturated carbocycles. The third-order valence-corrected chi connectivity index (χ3v) is 6.72. The number of carboxylic acids is 1. The number of alkyl carbamates (subject to hydrolysis) is 1. The molecular formula is C27H34N2O6. The fraction of sp³-hybridized carbons (Fsp3) is 0.444. The van der Waals surface area contributed by atoms with Gasteiger partial charge >= 0.3 is 12.1 Å². The van der Waals surface area contributed by atoms with Gasteiger partial charge in [-0.15, -0.1) is 0 Å². The van der Waals surface area contributed by atoms with Gasteiger partial charge in [0.2, 0.25) is 5.91 Å². The van der Waals surface area contributed by atoms with Crippen LogP contribution < -0.4 is 10.6 Å². The van der Waals surface area contributed by atoms with Crippen LogP contribution in [0.5, 0.6) is 0 Å². The summed E-state index contributed by atoms with van der Waals surface area (Å²) < 4.78 is 10.6. The molecule has 0 aromatic heterocycles. The molecule has 0 fully saturated rings. The van der Waals surface area contributed by atoms with Gasteiger partial charge in [0.25, 0.3) is 0 Å². The molecule has 0 radical (unpaired) electrons. The number of aliphatic carboxylic acids is 1. The first kappa shape index (κ1) is 26.2. The summed E-state index contributed by atoms with van der Waals surface area (Å²) in [6.45, 7) is 5.39. The number of carboxylic acid groups (broad SMARTS) is 1. The number of carbonyl (C=O) groups excluding carboxylic acids is 2. The highest BCUT2D eigenvalue weighted by atomic mass is 16.5. The number of benzene rings is 2. The average molecular weight is 483 g/mol. The van der Waals surface area contributed by atoms with Crippen LogP contribution in [-0.2, 0) is 19.1 Å². The molecule has 35 heavy (non-hydrogen) atoms. The van der Waals surface area contributed by atoms with Crippen molar-refractivity contribution in [2.75, 3.05) is 26.9 Å². The second-order valence-electron chi connectivity index (χ2n) is 9.22. The van der Waals surface area contributed by atoms with Crippen LogP contribution in [0.2, 0.25) is 0 Å². The summed E-state index contributed by atoms with van der Waals surface area (Å²) in [6.07, 6.45) is -0.464. The number of fused-ring (bicyclic) bond motifs is 3. The van der Waals surface area contributed by atoms with Crippen LogP contribution in [0.3, 0.4) is 0 Å². The van der Waals surface area contributed by atoms with Gasteiger partial charge in [0.05, 0.1) is 12.5 Å². The predicted octanol–water partition coefficient (Wildman–Crippen LogP) is 3.79. The lowest BCUT2D eigenvalue weighted by molar-refractivity contribution is -0.151. The van der Waals surface area contributed by atoms with Crippen molar-refractivity contribution < 1.29 is 29.0 Å². The summed E-state index contributed by atoms with van der Waals surface area (Å²) in [7, 11) is 1.39. The van der Waals surface area contributed by atoms with E-state index < -0.39 is 29.4 Å². The molecule has 0 spiro atoms. The van der Waals surface area contributed by atoms with E-state index in [1.807, 2.05) is 50.2 Å². The molecule has 0 bridgehead atoms. The molecule has 1 aliphatic carbocycles. The van der Waals surface area contributed by atoms with Crippen molar-refractivity contribution in [1.29, 1.82) is 0 Å². The van der Waals surface area contributed by atoms with E-state index in [1.165, 1.54) is 7.11 Å².